The number of ether oxygens (including phenoxy) is 1. The molecule has 1 aromatic carbocycles. The number of amides is 1. The Hall–Kier alpha value is -2.01. The minimum absolute atomic E-state index is 0.289. The first kappa shape index (κ1) is 15.4. The van der Waals surface area contributed by atoms with Crippen molar-refractivity contribution in [3.05, 3.63) is 40.6 Å². The number of hydrogen-bond donors (Lipinski definition) is 1. The lowest BCUT2D eigenvalue weighted by molar-refractivity contribution is -0.122. The number of hydrogen-bond acceptors (Lipinski definition) is 4. The van der Waals surface area contributed by atoms with Gasteiger partial charge < -0.3 is 14.6 Å². The van der Waals surface area contributed by atoms with Crippen molar-refractivity contribution in [3.8, 4) is 5.75 Å². The van der Waals surface area contributed by atoms with Gasteiger partial charge >= 0.3 is 0 Å². The molecule has 0 aliphatic rings. The molecule has 0 aliphatic carbocycles. The van der Waals surface area contributed by atoms with E-state index >= 15 is 0 Å². The molecule has 1 heterocycles. The van der Waals surface area contributed by atoms with Crippen molar-refractivity contribution in [2.75, 3.05) is 5.32 Å². The predicted molar refractivity (Wildman–Crippen MR) is 80.8 cm³/mol. The van der Waals surface area contributed by atoms with E-state index in [1.54, 1.807) is 25.1 Å². The fourth-order valence-corrected chi connectivity index (χ4v) is 1.97. The van der Waals surface area contributed by atoms with Crippen LogP contribution in [0.5, 0.6) is 5.75 Å². The van der Waals surface area contributed by atoms with Crippen LogP contribution in [0, 0.1) is 13.8 Å². The molecule has 21 heavy (non-hydrogen) atoms. The summed E-state index contributed by atoms with van der Waals surface area (Å²) in [4.78, 5) is 12.2. The maximum Gasteiger partial charge on any atom is 0.266 e. The topological polar surface area (TPSA) is 64.4 Å². The van der Waals surface area contributed by atoms with Gasteiger partial charge in [0.15, 0.2) is 11.9 Å². The molecule has 1 N–H and O–H groups in total. The van der Waals surface area contributed by atoms with Crippen LogP contribution in [-0.2, 0) is 4.79 Å². The molecule has 6 heteroatoms. The molecule has 2 rings (SSSR count). The molecule has 0 radical (unpaired) electrons. The van der Waals surface area contributed by atoms with E-state index in [0.29, 0.717) is 28.8 Å². The van der Waals surface area contributed by atoms with E-state index in [4.69, 9.17) is 20.9 Å². The van der Waals surface area contributed by atoms with Crippen molar-refractivity contribution in [2.24, 2.45) is 0 Å². The van der Waals surface area contributed by atoms with Crippen LogP contribution < -0.4 is 10.1 Å². The Bertz CT molecular complexity index is 640. The van der Waals surface area contributed by atoms with E-state index in [1.807, 2.05) is 19.9 Å². The number of halogens is 1. The number of rotatable bonds is 5. The lowest BCUT2D eigenvalue weighted by Crippen LogP contribution is -2.32. The van der Waals surface area contributed by atoms with Crippen molar-refractivity contribution >= 4 is 23.3 Å². The molecule has 0 unspecified atom stereocenters. The third kappa shape index (κ3) is 3.98. The fraction of sp³-hybridized carbons (Fsp3) is 0.333. The highest BCUT2D eigenvalue weighted by atomic mass is 35.5. The highest BCUT2D eigenvalue weighted by Crippen LogP contribution is 2.27. The highest BCUT2D eigenvalue weighted by Gasteiger charge is 2.20. The normalized spacial score (nSPS) is 12.0. The summed E-state index contributed by atoms with van der Waals surface area (Å²) in [6.07, 6.45) is -0.145. The van der Waals surface area contributed by atoms with Gasteiger partial charge in [-0.25, -0.2) is 0 Å². The zero-order valence-electron chi connectivity index (χ0n) is 12.1. The first-order valence-electron chi connectivity index (χ1n) is 6.66. The Labute approximate surface area is 128 Å². The van der Waals surface area contributed by atoms with Gasteiger partial charge in [0.2, 0.25) is 0 Å². The van der Waals surface area contributed by atoms with E-state index < -0.39 is 6.10 Å². The largest absolute Gasteiger partial charge is 0.479 e. The zero-order chi connectivity index (χ0) is 15.4. The molecule has 1 aromatic heterocycles. The minimum Gasteiger partial charge on any atom is -0.479 e. The standard InChI is InChI=1S/C15H17ClN2O3/c1-4-12(15(19)17-14-8-10(3)21-18-14)20-13-7-9(2)5-6-11(13)16/h5-8,12H,4H2,1-3H3,(H,17,18,19)/t12-/m0/s1. The lowest BCUT2D eigenvalue weighted by atomic mass is 10.2. The summed E-state index contributed by atoms with van der Waals surface area (Å²) in [5.74, 6) is 1.20. The maximum atomic E-state index is 12.2. The van der Waals surface area contributed by atoms with Gasteiger partial charge in [-0.05, 0) is 38.0 Å². The van der Waals surface area contributed by atoms with Gasteiger partial charge in [0.05, 0.1) is 5.02 Å². The Morgan fingerprint density at radius 3 is 2.81 bits per heavy atom. The van der Waals surface area contributed by atoms with Crippen LogP contribution in [0.25, 0.3) is 0 Å². The minimum atomic E-state index is -0.652. The SMILES string of the molecule is CC[C@H](Oc1cc(C)ccc1Cl)C(=O)Nc1cc(C)on1. The van der Waals surface area contributed by atoms with E-state index in [9.17, 15) is 4.79 Å². The van der Waals surface area contributed by atoms with E-state index in [-0.39, 0.29) is 5.91 Å². The molecular formula is C15H17ClN2O3. The summed E-state index contributed by atoms with van der Waals surface area (Å²) < 4.78 is 10.6. The van der Waals surface area contributed by atoms with Crippen LogP contribution in [0.2, 0.25) is 5.02 Å². The Balaban J connectivity index is 2.08. The lowest BCUT2D eigenvalue weighted by Gasteiger charge is -2.17. The molecule has 0 fully saturated rings. The number of aryl methyl sites for hydroxylation is 2. The summed E-state index contributed by atoms with van der Waals surface area (Å²) in [7, 11) is 0. The van der Waals surface area contributed by atoms with Gasteiger partial charge in [0.1, 0.15) is 11.5 Å². The van der Waals surface area contributed by atoms with Crippen LogP contribution in [0.4, 0.5) is 5.82 Å². The molecule has 1 amide bonds. The number of aromatic nitrogens is 1. The molecule has 112 valence electrons. The second-order valence-corrected chi connectivity index (χ2v) is 5.17. The van der Waals surface area contributed by atoms with E-state index in [1.165, 1.54) is 0 Å². The van der Waals surface area contributed by atoms with Gasteiger partial charge in [-0.1, -0.05) is 29.7 Å². The van der Waals surface area contributed by atoms with Gasteiger partial charge in [-0.2, -0.15) is 0 Å². The summed E-state index contributed by atoms with van der Waals surface area (Å²) >= 11 is 6.08. The first-order chi connectivity index (χ1) is 9.99. The van der Waals surface area contributed by atoms with Crippen molar-refractivity contribution < 1.29 is 14.1 Å². The molecule has 0 aliphatic heterocycles. The van der Waals surface area contributed by atoms with Gasteiger partial charge in [-0.15, -0.1) is 0 Å². The van der Waals surface area contributed by atoms with Crippen LogP contribution in [-0.4, -0.2) is 17.2 Å². The van der Waals surface area contributed by atoms with E-state index in [0.717, 1.165) is 5.56 Å². The quantitative estimate of drug-likeness (QED) is 0.914. The number of anilines is 1. The number of carbonyl (C=O) groups is 1. The molecule has 1 atom stereocenters. The third-order valence-electron chi connectivity index (χ3n) is 2.90. The van der Waals surface area contributed by atoms with Gasteiger partial charge in [-0.3, -0.25) is 4.79 Å². The summed E-state index contributed by atoms with van der Waals surface area (Å²) in [6, 6.07) is 7.08. The van der Waals surface area contributed by atoms with Gasteiger partial charge in [0.25, 0.3) is 5.91 Å². The molecule has 0 saturated carbocycles. The van der Waals surface area contributed by atoms with Crippen molar-refractivity contribution in [2.45, 2.75) is 33.3 Å². The van der Waals surface area contributed by atoms with Crippen molar-refractivity contribution in [1.82, 2.24) is 5.16 Å². The molecule has 0 saturated heterocycles. The third-order valence-corrected chi connectivity index (χ3v) is 3.21. The maximum absolute atomic E-state index is 12.2. The van der Waals surface area contributed by atoms with Crippen LogP contribution in [0.15, 0.2) is 28.8 Å². The average molecular weight is 309 g/mol. The van der Waals surface area contributed by atoms with Crippen molar-refractivity contribution in [3.63, 3.8) is 0 Å². The highest BCUT2D eigenvalue weighted by molar-refractivity contribution is 6.32. The number of nitrogens with zero attached hydrogens (tertiary/aromatic N) is 1. The van der Waals surface area contributed by atoms with Crippen LogP contribution in [0.3, 0.4) is 0 Å². The zero-order valence-corrected chi connectivity index (χ0v) is 12.9. The Kier molecular flexibility index (Phi) is 4.85. The van der Waals surface area contributed by atoms with Crippen molar-refractivity contribution in [1.29, 1.82) is 0 Å². The summed E-state index contributed by atoms with van der Waals surface area (Å²) in [5, 5.41) is 6.85. The first-order valence-corrected chi connectivity index (χ1v) is 7.04. The predicted octanol–water partition coefficient (Wildman–Crippen LogP) is 3.74. The Morgan fingerprint density at radius 2 is 2.19 bits per heavy atom. The molecule has 0 spiro atoms. The number of benzene rings is 1. The molecular weight excluding hydrogens is 292 g/mol. The monoisotopic (exact) mass is 308 g/mol. The second-order valence-electron chi connectivity index (χ2n) is 4.76. The molecule has 2 aromatic rings. The molecule has 5 nitrogen and oxygen atoms in total. The van der Waals surface area contributed by atoms with E-state index in [2.05, 4.69) is 10.5 Å². The Morgan fingerprint density at radius 1 is 1.43 bits per heavy atom. The average Bonchev–Trinajstić information content (AvgIpc) is 2.84. The molecule has 0 bridgehead atoms. The summed E-state index contributed by atoms with van der Waals surface area (Å²) in [6.45, 7) is 5.55. The number of nitrogens with one attached hydrogen (secondary N) is 1. The summed E-state index contributed by atoms with van der Waals surface area (Å²) in [5.41, 5.74) is 1.01. The van der Waals surface area contributed by atoms with Gasteiger partial charge in [0, 0.05) is 6.07 Å². The number of carbonyl (C=O) groups excluding carboxylic acids is 1. The fourth-order valence-electron chi connectivity index (χ4n) is 1.81. The van der Waals surface area contributed by atoms with Crippen LogP contribution in [0.1, 0.15) is 24.7 Å². The second kappa shape index (κ2) is 6.63. The van der Waals surface area contributed by atoms with Crippen LogP contribution >= 0.6 is 11.6 Å². The smallest absolute Gasteiger partial charge is 0.266 e.